The van der Waals surface area contributed by atoms with Gasteiger partial charge in [0.1, 0.15) is 5.41 Å². The number of nitriles is 1. The van der Waals surface area contributed by atoms with Gasteiger partial charge in [0.25, 0.3) is 0 Å². The van der Waals surface area contributed by atoms with Crippen molar-refractivity contribution in [2.45, 2.75) is 51.0 Å². The summed E-state index contributed by atoms with van der Waals surface area (Å²) in [4.78, 5) is 17.3. The van der Waals surface area contributed by atoms with Crippen molar-refractivity contribution in [3.63, 3.8) is 0 Å². The van der Waals surface area contributed by atoms with Crippen LogP contribution in [-0.2, 0) is 4.79 Å². The van der Waals surface area contributed by atoms with Crippen LogP contribution in [0.25, 0.3) is 0 Å². The fraction of sp³-hybridized carbons (Fsp3) is 0.867. The summed E-state index contributed by atoms with van der Waals surface area (Å²) in [6, 6.07) is 2.92. The van der Waals surface area contributed by atoms with Crippen LogP contribution in [-0.4, -0.2) is 47.9 Å². The fourth-order valence-corrected chi connectivity index (χ4v) is 4.01. The van der Waals surface area contributed by atoms with E-state index in [1.165, 1.54) is 25.8 Å². The first-order valence-electron chi connectivity index (χ1n) is 7.70. The molecule has 3 rings (SSSR count). The Bertz CT molecular complexity index is 395. The monoisotopic (exact) mass is 261 g/mol. The second kappa shape index (κ2) is 5.13. The van der Waals surface area contributed by atoms with E-state index in [-0.39, 0.29) is 5.91 Å². The highest BCUT2D eigenvalue weighted by atomic mass is 16.2. The van der Waals surface area contributed by atoms with Crippen LogP contribution in [0.5, 0.6) is 0 Å². The Kier molecular flexibility index (Phi) is 3.49. The zero-order chi connectivity index (χ0) is 13.3. The van der Waals surface area contributed by atoms with Crippen LogP contribution in [0.1, 0.15) is 44.9 Å². The summed E-state index contributed by atoms with van der Waals surface area (Å²) in [6.07, 6.45) is 7.25. The third-order valence-electron chi connectivity index (χ3n) is 5.21. The van der Waals surface area contributed by atoms with Crippen LogP contribution in [0.2, 0.25) is 0 Å². The zero-order valence-electron chi connectivity index (χ0n) is 11.6. The van der Waals surface area contributed by atoms with Crippen molar-refractivity contribution in [1.82, 2.24) is 9.80 Å². The highest BCUT2D eigenvalue weighted by Crippen LogP contribution is 2.38. The Morgan fingerprint density at radius 1 is 1.11 bits per heavy atom. The molecule has 19 heavy (non-hydrogen) atoms. The lowest BCUT2D eigenvalue weighted by Gasteiger charge is -2.41. The van der Waals surface area contributed by atoms with Gasteiger partial charge in [0, 0.05) is 25.7 Å². The first-order chi connectivity index (χ1) is 9.25. The summed E-state index contributed by atoms with van der Waals surface area (Å²) < 4.78 is 0. The van der Waals surface area contributed by atoms with Crippen molar-refractivity contribution < 1.29 is 4.79 Å². The molecule has 0 bridgehead atoms. The summed E-state index contributed by atoms with van der Waals surface area (Å²) in [5.74, 6) is 0.126. The van der Waals surface area contributed by atoms with Crippen molar-refractivity contribution in [2.75, 3.05) is 26.2 Å². The third-order valence-corrected chi connectivity index (χ3v) is 5.21. The first kappa shape index (κ1) is 12.9. The minimum absolute atomic E-state index is 0.126. The van der Waals surface area contributed by atoms with Crippen molar-refractivity contribution in [2.24, 2.45) is 5.41 Å². The summed E-state index contributed by atoms with van der Waals surface area (Å²) >= 11 is 0. The van der Waals surface area contributed by atoms with Gasteiger partial charge in [-0.1, -0.05) is 19.3 Å². The number of hydrogen-bond acceptors (Lipinski definition) is 3. The number of nitrogens with zero attached hydrogens (tertiary/aromatic N) is 3. The molecule has 1 unspecified atom stereocenters. The van der Waals surface area contributed by atoms with Crippen LogP contribution in [0.4, 0.5) is 0 Å². The maximum absolute atomic E-state index is 12.8. The van der Waals surface area contributed by atoms with Crippen molar-refractivity contribution in [3.8, 4) is 6.07 Å². The van der Waals surface area contributed by atoms with E-state index in [4.69, 9.17) is 0 Å². The van der Waals surface area contributed by atoms with Crippen molar-refractivity contribution >= 4 is 5.91 Å². The number of carbonyl (C=O) groups excluding carboxylic acids is 1. The molecule has 0 N–H and O–H groups in total. The number of fused-ring (bicyclic) bond motifs is 1. The highest BCUT2D eigenvalue weighted by molar-refractivity contribution is 5.85. The summed E-state index contributed by atoms with van der Waals surface area (Å²) in [5.41, 5.74) is -0.695. The normalized spacial score (nSPS) is 30.7. The lowest BCUT2D eigenvalue weighted by atomic mass is 9.74. The average molecular weight is 261 g/mol. The van der Waals surface area contributed by atoms with Crippen LogP contribution in [0, 0.1) is 16.7 Å². The van der Waals surface area contributed by atoms with E-state index < -0.39 is 5.41 Å². The van der Waals surface area contributed by atoms with Crippen LogP contribution < -0.4 is 0 Å². The lowest BCUT2D eigenvalue weighted by Crippen LogP contribution is -2.55. The second-order valence-corrected chi connectivity index (χ2v) is 6.34. The summed E-state index contributed by atoms with van der Waals surface area (Å²) in [6.45, 7) is 3.86. The molecule has 3 fully saturated rings. The Labute approximate surface area is 115 Å². The quantitative estimate of drug-likeness (QED) is 0.722. The van der Waals surface area contributed by atoms with E-state index in [0.717, 1.165) is 45.3 Å². The maximum Gasteiger partial charge on any atom is 0.243 e. The largest absolute Gasteiger partial charge is 0.338 e. The zero-order valence-corrected chi connectivity index (χ0v) is 11.6. The molecule has 2 heterocycles. The molecule has 1 saturated carbocycles. The molecule has 1 amide bonds. The van der Waals surface area contributed by atoms with Crippen molar-refractivity contribution in [1.29, 1.82) is 5.26 Å². The number of amides is 1. The average Bonchev–Trinajstić information content (AvgIpc) is 2.94. The molecule has 0 aromatic rings. The Morgan fingerprint density at radius 3 is 2.63 bits per heavy atom. The van der Waals surface area contributed by atoms with Gasteiger partial charge in [-0.15, -0.1) is 0 Å². The molecule has 1 aliphatic carbocycles. The van der Waals surface area contributed by atoms with E-state index >= 15 is 0 Å². The van der Waals surface area contributed by atoms with Gasteiger partial charge in [0.15, 0.2) is 0 Å². The van der Waals surface area contributed by atoms with E-state index in [9.17, 15) is 10.1 Å². The molecule has 0 spiro atoms. The van der Waals surface area contributed by atoms with E-state index in [2.05, 4.69) is 11.0 Å². The third kappa shape index (κ3) is 2.25. The standard InChI is InChI=1S/C15H23N3O/c16-12-15(6-2-1-3-7-15)14(19)18-10-9-17-8-4-5-13(17)11-18/h13H,1-11H2. The molecule has 0 aromatic carbocycles. The van der Waals surface area contributed by atoms with Crippen LogP contribution in [0.3, 0.4) is 0 Å². The molecule has 4 nitrogen and oxygen atoms in total. The fourth-order valence-electron chi connectivity index (χ4n) is 4.01. The van der Waals surface area contributed by atoms with Gasteiger partial charge in [0.05, 0.1) is 6.07 Å². The molecule has 104 valence electrons. The minimum atomic E-state index is -0.695. The van der Waals surface area contributed by atoms with Gasteiger partial charge >= 0.3 is 0 Å². The van der Waals surface area contributed by atoms with Crippen LogP contribution >= 0.6 is 0 Å². The molecular weight excluding hydrogens is 238 g/mol. The highest BCUT2D eigenvalue weighted by Gasteiger charge is 2.44. The summed E-state index contributed by atoms with van der Waals surface area (Å²) in [7, 11) is 0. The number of hydrogen-bond donors (Lipinski definition) is 0. The number of carbonyl (C=O) groups is 1. The molecule has 0 aromatic heterocycles. The molecule has 2 aliphatic heterocycles. The maximum atomic E-state index is 12.8. The molecule has 3 aliphatic rings. The van der Waals surface area contributed by atoms with Crippen molar-refractivity contribution in [3.05, 3.63) is 0 Å². The number of piperazine rings is 1. The molecule has 2 saturated heterocycles. The predicted octanol–water partition coefficient (Wildman–Crippen LogP) is 1.77. The van der Waals surface area contributed by atoms with Crippen LogP contribution in [0.15, 0.2) is 0 Å². The van der Waals surface area contributed by atoms with Gasteiger partial charge in [0.2, 0.25) is 5.91 Å². The molecule has 1 atom stereocenters. The van der Waals surface area contributed by atoms with E-state index in [1.54, 1.807) is 0 Å². The SMILES string of the molecule is N#CC1(C(=O)N2CCN3CCCC3C2)CCCCC1. The van der Waals surface area contributed by atoms with Gasteiger partial charge in [-0.2, -0.15) is 5.26 Å². The molecule has 4 heteroatoms. The smallest absolute Gasteiger partial charge is 0.243 e. The van der Waals surface area contributed by atoms with Gasteiger partial charge < -0.3 is 4.90 Å². The van der Waals surface area contributed by atoms with Gasteiger partial charge in [-0.3, -0.25) is 9.69 Å². The topological polar surface area (TPSA) is 47.3 Å². The number of rotatable bonds is 1. The Hall–Kier alpha value is -1.08. The van der Waals surface area contributed by atoms with Gasteiger partial charge in [-0.25, -0.2) is 0 Å². The lowest BCUT2D eigenvalue weighted by molar-refractivity contribution is -0.143. The Morgan fingerprint density at radius 2 is 1.89 bits per heavy atom. The molecule has 0 radical (unpaired) electrons. The predicted molar refractivity (Wildman–Crippen MR) is 72.3 cm³/mol. The first-order valence-corrected chi connectivity index (χ1v) is 7.70. The second-order valence-electron chi connectivity index (χ2n) is 6.34. The van der Waals surface area contributed by atoms with E-state index in [1.807, 2.05) is 4.90 Å². The van der Waals surface area contributed by atoms with E-state index in [0.29, 0.717) is 6.04 Å². The van der Waals surface area contributed by atoms with Gasteiger partial charge in [-0.05, 0) is 32.2 Å². The molecular formula is C15H23N3O. The Balaban J connectivity index is 1.71. The summed E-state index contributed by atoms with van der Waals surface area (Å²) in [5, 5.41) is 9.52. The minimum Gasteiger partial charge on any atom is -0.338 e.